The summed E-state index contributed by atoms with van der Waals surface area (Å²) in [5.41, 5.74) is 1.23. The molecule has 0 aromatic heterocycles. The van der Waals surface area contributed by atoms with Gasteiger partial charge in [0, 0.05) is 18.7 Å². The maximum Gasteiger partial charge on any atom is 0.295 e. The van der Waals surface area contributed by atoms with Crippen LogP contribution >= 0.6 is 0 Å². The Bertz CT molecular complexity index is 994. The normalized spacial score (nSPS) is 17.6. The van der Waals surface area contributed by atoms with Crippen LogP contribution in [0.3, 0.4) is 0 Å². The number of carbonyl (C=O) groups excluding carboxylic acids is 2. The molecule has 0 radical (unpaired) electrons. The number of amides is 1. The topological polar surface area (TPSA) is 85.3 Å². The molecule has 1 amide bonds. The fourth-order valence-corrected chi connectivity index (χ4v) is 3.83. The zero-order valence-electron chi connectivity index (χ0n) is 19.5. The van der Waals surface area contributed by atoms with Crippen molar-refractivity contribution in [2.75, 3.05) is 26.9 Å². The number of aliphatic hydroxyl groups excluding tert-OH is 1. The van der Waals surface area contributed by atoms with Crippen LogP contribution in [-0.4, -0.2) is 54.7 Å². The van der Waals surface area contributed by atoms with E-state index >= 15 is 0 Å². The fraction of sp³-hybridized carbons (Fsp3) is 0.385. The fourth-order valence-electron chi connectivity index (χ4n) is 3.83. The van der Waals surface area contributed by atoms with E-state index in [4.69, 9.17) is 14.2 Å². The first-order valence-electron chi connectivity index (χ1n) is 11.1. The summed E-state index contributed by atoms with van der Waals surface area (Å²) in [5, 5.41) is 11.1. The van der Waals surface area contributed by atoms with Gasteiger partial charge < -0.3 is 24.2 Å². The summed E-state index contributed by atoms with van der Waals surface area (Å²) < 4.78 is 16.3. The molecular weight excluding hydrogens is 422 g/mol. The lowest BCUT2D eigenvalue weighted by molar-refractivity contribution is -0.140. The predicted molar refractivity (Wildman–Crippen MR) is 125 cm³/mol. The van der Waals surface area contributed by atoms with Crippen molar-refractivity contribution >= 4 is 17.4 Å². The third-order valence-electron chi connectivity index (χ3n) is 5.40. The van der Waals surface area contributed by atoms with Crippen LogP contribution in [-0.2, 0) is 14.3 Å². The maximum atomic E-state index is 13.1. The van der Waals surface area contributed by atoms with Gasteiger partial charge in [-0.05, 0) is 69.2 Å². The summed E-state index contributed by atoms with van der Waals surface area (Å²) in [5.74, 6) is -0.225. The van der Waals surface area contributed by atoms with Crippen molar-refractivity contribution in [3.05, 3.63) is 65.2 Å². The highest BCUT2D eigenvalue weighted by Crippen LogP contribution is 2.40. The minimum atomic E-state index is -0.707. The van der Waals surface area contributed by atoms with Crippen LogP contribution in [0.2, 0.25) is 0 Å². The van der Waals surface area contributed by atoms with Gasteiger partial charge in [-0.15, -0.1) is 0 Å². The number of hydrogen-bond acceptors (Lipinski definition) is 6. The number of aliphatic hydroxyl groups is 1. The third kappa shape index (κ3) is 5.54. The highest BCUT2D eigenvalue weighted by atomic mass is 16.5. The quantitative estimate of drug-likeness (QED) is 0.249. The first-order chi connectivity index (χ1) is 15.9. The largest absolute Gasteiger partial charge is 0.507 e. The number of hydrogen-bond donors (Lipinski definition) is 1. The molecule has 1 aliphatic heterocycles. The van der Waals surface area contributed by atoms with Gasteiger partial charge in [0.2, 0.25) is 0 Å². The zero-order valence-corrected chi connectivity index (χ0v) is 19.5. The van der Waals surface area contributed by atoms with Gasteiger partial charge in [0.1, 0.15) is 17.3 Å². The van der Waals surface area contributed by atoms with Gasteiger partial charge in [0.05, 0.1) is 31.4 Å². The van der Waals surface area contributed by atoms with Gasteiger partial charge in [-0.25, -0.2) is 0 Å². The van der Waals surface area contributed by atoms with Crippen molar-refractivity contribution in [1.29, 1.82) is 0 Å². The minimum Gasteiger partial charge on any atom is -0.507 e. The summed E-state index contributed by atoms with van der Waals surface area (Å²) in [6.07, 6.45) is 0.651. The Labute approximate surface area is 194 Å². The molecule has 2 aromatic carbocycles. The molecule has 1 atom stereocenters. The summed E-state index contributed by atoms with van der Waals surface area (Å²) in [4.78, 5) is 27.5. The first-order valence-corrected chi connectivity index (χ1v) is 11.1. The van der Waals surface area contributed by atoms with E-state index in [9.17, 15) is 14.7 Å². The molecular formula is C26H31NO6. The van der Waals surface area contributed by atoms with E-state index in [0.717, 1.165) is 0 Å². The minimum absolute atomic E-state index is 0.0686. The SMILES string of the molecule is CCOc1ccc(/C(O)=C2/C(=O)C(=O)N(CCCOC(C)C)C2c2ccc(OC)cc2)cc1. The second kappa shape index (κ2) is 11.0. The summed E-state index contributed by atoms with van der Waals surface area (Å²) in [7, 11) is 1.57. The number of methoxy groups -OCH3 is 1. The molecule has 1 N–H and O–H groups in total. The summed E-state index contributed by atoms with van der Waals surface area (Å²) in [6, 6.07) is 13.2. The number of ketones is 1. The molecule has 1 heterocycles. The van der Waals surface area contributed by atoms with Crippen LogP contribution in [0.5, 0.6) is 11.5 Å². The van der Waals surface area contributed by atoms with Crippen LogP contribution in [0, 0.1) is 0 Å². The lowest BCUT2D eigenvalue weighted by Crippen LogP contribution is -2.31. The average Bonchev–Trinajstić information content (AvgIpc) is 3.07. The van der Waals surface area contributed by atoms with Crippen LogP contribution in [0.4, 0.5) is 0 Å². The van der Waals surface area contributed by atoms with Crippen molar-refractivity contribution in [2.45, 2.75) is 39.3 Å². The van der Waals surface area contributed by atoms with Gasteiger partial charge in [-0.1, -0.05) is 12.1 Å². The van der Waals surface area contributed by atoms with Gasteiger partial charge in [0.25, 0.3) is 11.7 Å². The smallest absolute Gasteiger partial charge is 0.295 e. The Hall–Kier alpha value is -3.32. The zero-order chi connectivity index (χ0) is 24.0. The first kappa shape index (κ1) is 24.3. The Kier molecular flexibility index (Phi) is 8.11. The Balaban J connectivity index is 2.00. The molecule has 0 bridgehead atoms. The number of nitrogens with zero attached hydrogens (tertiary/aromatic N) is 1. The highest BCUT2D eigenvalue weighted by Gasteiger charge is 2.45. The molecule has 0 saturated carbocycles. The van der Waals surface area contributed by atoms with Crippen molar-refractivity contribution in [3.8, 4) is 11.5 Å². The van der Waals surface area contributed by atoms with Gasteiger partial charge in [0.15, 0.2) is 0 Å². The standard InChI is InChI=1S/C26H31NO6/c1-5-32-21-13-9-19(10-14-21)24(28)22-23(18-7-11-20(31-4)12-8-18)27(26(30)25(22)29)15-6-16-33-17(2)3/h7-14,17,23,28H,5-6,15-16H2,1-4H3/b24-22-. The number of rotatable bonds is 10. The second-order valence-electron chi connectivity index (χ2n) is 8.00. The van der Waals surface area contributed by atoms with E-state index in [2.05, 4.69) is 0 Å². The third-order valence-corrected chi connectivity index (χ3v) is 5.40. The van der Waals surface area contributed by atoms with E-state index in [1.54, 1.807) is 55.6 Å². The highest BCUT2D eigenvalue weighted by molar-refractivity contribution is 6.46. The molecule has 1 saturated heterocycles. The molecule has 7 heteroatoms. The Morgan fingerprint density at radius 2 is 1.67 bits per heavy atom. The molecule has 1 fully saturated rings. The van der Waals surface area contributed by atoms with Gasteiger partial charge in [-0.2, -0.15) is 0 Å². The molecule has 176 valence electrons. The van der Waals surface area contributed by atoms with Crippen molar-refractivity contribution in [1.82, 2.24) is 4.90 Å². The van der Waals surface area contributed by atoms with E-state index in [0.29, 0.717) is 48.8 Å². The molecule has 0 aliphatic carbocycles. The Morgan fingerprint density at radius 3 is 2.24 bits per heavy atom. The molecule has 33 heavy (non-hydrogen) atoms. The number of Topliss-reactive ketones (excluding diaryl/α,β-unsaturated/α-hetero) is 1. The van der Waals surface area contributed by atoms with Crippen molar-refractivity contribution in [3.63, 3.8) is 0 Å². The molecule has 7 nitrogen and oxygen atoms in total. The van der Waals surface area contributed by atoms with E-state index in [-0.39, 0.29) is 17.4 Å². The van der Waals surface area contributed by atoms with E-state index in [1.807, 2.05) is 20.8 Å². The summed E-state index contributed by atoms with van der Waals surface area (Å²) in [6.45, 7) is 7.09. The number of benzene rings is 2. The maximum absolute atomic E-state index is 13.1. The average molecular weight is 454 g/mol. The van der Waals surface area contributed by atoms with Gasteiger partial charge >= 0.3 is 0 Å². The number of carbonyl (C=O) groups is 2. The van der Waals surface area contributed by atoms with E-state index < -0.39 is 17.7 Å². The van der Waals surface area contributed by atoms with E-state index in [1.165, 1.54) is 4.90 Å². The molecule has 2 aromatic rings. The molecule has 3 rings (SSSR count). The van der Waals surface area contributed by atoms with Crippen LogP contribution in [0.25, 0.3) is 5.76 Å². The lowest BCUT2D eigenvalue weighted by Gasteiger charge is -2.25. The van der Waals surface area contributed by atoms with Crippen molar-refractivity contribution < 1.29 is 28.9 Å². The number of ether oxygens (including phenoxy) is 3. The molecule has 1 unspecified atom stereocenters. The van der Waals surface area contributed by atoms with Crippen LogP contribution in [0.1, 0.15) is 44.4 Å². The van der Waals surface area contributed by atoms with Gasteiger partial charge in [-0.3, -0.25) is 9.59 Å². The lowest BCUT2D eigenvalue weighted by atomic mass is 9.95. The Morgan fingerprint density at radius 1 is 1.03 bits per heavy atom. The summed E-state index contributed by atoms with van der Waals surface area (Å²) >= 11 is 0. The monoisotopic (exact) mass is 453 g/mol. The number of likely N-dealkylation sites (tertiary alicyclic amines) is 1. The molecule has 1 aliphatic rings. The second-order valence-corrected chi connectivity index (χ2v) is 8.00. The van der Waals surface area contributed by atoms with Crippen LogP contribution < -0.4 is 9.47 Å². The van der Waals surface area contributed by atoms with Crippen molar-refractivity contribution in [2.24, 2.45) is 0 Å². The molecule has 0 spiro atoms. The van der Waals surface area contributed by atoms with Crippen LogP contribution in [0.15, 0.2) is 54.1 Å². The predicted octanol–water partition coefficient (Wildman–Crippen LogP) is 4.33.